The van der Waals surface area contributed by atoms with Gasteiger partial charge in [0.2, 0.25) is 5.91 Å². The van der Waals surface area contributed by atoms with Crippen LogP contribution in [0.15, 0.2) is 47.0 Å². The van der Waals surface area contributed by atoms with Crippen LogP contribution in [0.5, 0.6) is 5.75 Å². The first-order valence-corrected chi connectivity index (χ1v) is 7.36. The molecule has 0 radical (unpaired) electrons. The van der Waals surface area contributed by atoms with Gasteiger partial charge in [-0.2, -0.15) is 18.2 Å². The number of carbonyl (C=O) groups is 1. The van der Waals surface area contributed by atoms with Crippen LogP contribution >= 0.6 is 0 Å². The van der Waals surface area contributed by atoms with Gasteiger partial charge in [0.1, 0.15) is 5.75 Å². The average Bonchev–Trinajstić information content (AvgIpc) is 3.02. The largest absolute Gasteiger partial charge is 0.508 e. The van der Waals surface area contributed by atoms with Crippen LogP contribution in [0, 0.1) is 0 Å². The third kappa shape index (κ3) is 3.66. The fourth-order valence-electron chi connectivity index (χ4n) is 2.41. The SMILES string of the molecule is NC(=O)c1cccc(Cc2noc(-c3cc(O)ccc3C(F)(F)F)n2)c1. The molecule has 134 valence electrons. The van der Waals surface area contributed by atoms with Gasteiger partial charge in [0, 0.05) is 12.0 Å². The van der Waals surface area contributed by atoms with Crippen molar-refractivity contribution in [3.63, 3.8) is 0 Å². The monoisotopic (exact) mass is 363 g/mol. The Morgan fingerprint density at radius 1 is 1.19 bits per heavy atom. The number of aromatic hydroxyl groups is 1. The zero-order valence-electron chi connectivity index (χ0n) is 13.1. The molecule has 1 aromatic heterocycles. The number of nitrogens with zero attached hydrogens (tertiary/aromatic N) is 2. The van der Waals surface area contributed by atoms with Crippen LogP contribution in [0.2, 0.25) is 0 Å². The van der Waals surface area contributed by atoms with Crippen LogP contribution in [0.4, 0.5) is 13.2 Å². The number of aromatic nitrogens is 2. The number of rotatable bonds is 4. The smallest absolute Gasteiger partial charge is 0.417 e. The lowest BCUT2D eigenvalue weighted by molar-refractivity contribution is -0.137. The predicted octanol–water partition coefficient (Wildman–Crippen LogP) is 3.15. The van der Waals surface area contributed by atoms with Crippen LogP contribution in [-0.4, -0.2) is 21.2 Å². The van der Waals surface area contributed by atoms with E-state index in [1.54, 1.807) is 12.1 Å². The number of primary amides is 1. The van der Waals surface area contributed by atoms with E-state index in [0.29, 0.717) is 11.1 Å². The summed E-state index contributed by atoms with van der Waals surface area (Å²) in [6, 6.07) is 8.96. The molecule has 26 heavy (non-hydrogen) atoms. The lowest BCUT2D eigenvalue weighted by Crippen LogP contribution is -2.11. The van der Waals surface area contributed by atoms with Crippen molar-refractivity contribution in [2.75, 3.05) is 0 Å². The Balaban J connectivity index is 1.93. The molecule has 1 amide bonds. The lowest BCUT2D eigenvalue weighted by atomic mass is 10.1. The van der Waals surface area contributed by atoms with E-state index in [-0.39, 0.29) is 23.9 Å². The number of nitrogens with two attached hydrogens (primary N) is 1. The maximum absolute atomic E-state index is 13.1. The molecule has 3 N–H and O–H groups in total. The molecule has 2 aromatic carbocycles. The Labute approximate surface area is 145 Å². The van der Waals surface area contributed by atoms with Crippen molar-refractivity contribution in [3.05, 3.63) is 65.0 Å². The molecule has 0 aliphatic rings. The fourth-order valence-corrected chi connectivity index (χ4v) is 2.41. The number of carbonyl (C=O) groups excluding carboxylic acids is 1. The first kappa shape index (κ1) is 17.5. The minimum Gasteiger partial charge on any atom is -0.508 e. The lowest BCUT2D eigenvalue weighted by Gasteiger charge is -2.10. The van der Waals surface area contributed by atoms with Gasteiger partial charge in [-0.05, 0) is 35.9 Å². The molecule has 9 heteroatoms. The molecule has 3 aromatic rings. The van der Waals surface area contributed by atoms with Gasteiger partial charge in [0.05, 0.1) is 11.1 Å². The normalized spacial score (nSPS) is 11.5. The summed E-state index contributed by atoms with van der Waals surface area (Å²) < 4.78 is 44.3. The van der Waals surface area contributed by atoms with Crippen molar-refractivity contribution in [1.82, 2.24) is 10.1 Å². The molecular weight excluding hydrogens is 351 g/mol. The highest BCUT2D eigenvalue weighted by Crippen LogP contribution is 2.38. The number of alkyl halides is 3. The topological polar surface area (TPSA) is 102 Å². The van der Waals surface area contributed by atoms with Gasteiger partial charge >= 0.3 is 6.18 Å². The molecule has 6 nitrogen and oxygen atoms in total. The van der Waals surface area contributed by atoms with Crippen LogP contribution in [0.25, 0.3) is 11.5 Å². The zero-order valence-corrected chi connectivity index (χ0v) is 13.1. The van der Waals surface area contributed by atoms with Crippen LogP contribution in [0.1, 0.15) is 27.3 Å². The van der Waals surface area contributed by atoms with Gasteiger partial charge in [0.15, 0.2) is 5.82 Å². The second-order valence-corrected chi connectivity index (χ2v) is 5.48. The predicted molar refractivity (Wildman–Crippen MR) is 84.2 cm³/mol. The first-order chi connectivity index (χ1) is 12.2. The summed E-state index contributed by atoms with van der Waals surface area (Å²) >= 11 is 0. The molecule has 0 unspecified atom stereocenters. The van der Waals surface area contributed by atoms with Crippen molar-refractivity contribution in [1.29, 1.82) is 0 Å². The third-order valence-corrected chi connectivity index (χ3v) is 3.58. The van der Waals surface area contributed by atoms with Gasteiger partial charge in [-0.1, -0.05) is 17.3 Å². The molecule has 0 aliphatic carbocycles. The highest BCUT2D eigenvalue weighted by atomic mass is 19.4. The van der Waals surface area contributed by atoms with Crippen LogP contribution < -0.4 is 5.73 Å². The van der Waals surface area contributed by atoms with Crippen molar-refractivity contribution in [3.8, 4) is 17.2 Å². The van der Waals surface area contributed by atoms with E-state index in [4.69, 9.17) is 10.3 Å². The molecule has 0 aliphatic heterocycles. The molecular formula is C17H12F3N3O3. The van der Waals surface area contributed by atoms with Gasteiger partial charge in [0.25, 0.3) is 5.89 Å². The maximum atomic E-state index is 13.1. The van der Waals surface area contributed by atoms with E-state index in [9.17, 15) is 23.1 Å². The number of halogens is 3. The van der Waals surface area contributed by atoms with Crippen LogP contribution in [-0.2, 0) is 12.6 Å². The summed E-state index contributed by atoms with van der Waals surface area (Å²) in [4.78, 5) is 15.2. The van der Waals surface area contributed by atoms with E-state index < -0.39 is 23.2 Å². The highest BCUT2D eigenvalue weighted by Gasteiger charge is 2.35. The number of hydrogen-bond donors (Lipinski definition) is 2. The van der Waals surface area contributed by atoms with Crippen molar-refractivity contribution >= 4 is 5.91 Å². The molecule has 0 saturated heterocycles. The van der Waals surface area contributed by atoms with Gasteiger partial charge in [-0.3, -0.25) is 4.79 Å². The van der Waals surface area contributed by atoms with E-state index in [0.717, 1.165) is 18.2 Å². The number of phenols is 1. The zero-order chi connectivity index (χ0) is 18.9. The second-order valence-electron chi connectivity index (χ2n) is 5.48. The van der Waals surface area contributed by atoms with E-state index in [2.05, 4.69) is 10.1 Å². The molecule has 3 rings (SSSR count). The van der Waals surface area contributed by atoms with Gasteiger partial charge < -0.3 is 15.4 Å². The summed E-state index contributed by atoms with van der Waals surface area (Å²) in [5.74, 6) is -1.20. The maximum Gasteiger partial charge on any atom is 0.417 e. The van der Waals surface area contributed by atoms with E-state index in [1.807, 2.05) is 0 Å². The number of hydrogen-bond acceptors (Lipinski definition) is 5. The minimum atomic E-state index is -4.65. The molecule has 0 fully saturated rings. The molecule has 0 bridgehead atoms. The molecule has 0 saturated carbocycles. The minimum absolute atomic E-state index is 0.123. The fraction of sp³-hybridized carbons (Fsp3) is 0.118. The second kappa shape index (κ2) is 6.51. The van der Waals surface area contributed by atoms with E-state index in [1.165, 1.54) is 12.1 Å². The van der Waals surface area contributed by atoms with Crippen molar-refractivity contribution in [2.24, 2.45) is 5.73 Å². The average molecular weight is 363 g/mol. The molecule has 0 atom stereocenters. The number of amides is 1. The molecule has 0 spiro atoms. The van der Waals surface area contributed by atoms with Crippen molar-refractivity contribution in [2.45, 2.75) is 12.6 Å². The standard InChI is InChI=1S/C17H12F3N3O3/c18-17(19,20)13-5-4-11(24)8-12(13)16-22-14(23-26-16)7-9-2-1-3-10(6-9)15(21)25/h1-6,8,24H,7H2,(H2,21,25). The number of phenolic OH excluding ortho intramolecular Hbond substituents is 1. The van der Waals surface area contributed by atoms with Crippen molar-refractivity contribution < 1.29 is 27.6 Å². The summed E-state index contributed by atoms with van der Waals surface area (Å²) in [5.41, 5.74) is 4.72. The first-order valence-electron chi connectivity index (χ1n) is 7.36. The Bertz CT molecular complexity index is 967. The molecule has 1 heterocycles. The summed E-state index contributed by atoms with van der Waals surface area (Å²) in [6.07, 6.45) is -4.52. The number of benzene rings is 2. The van der Waals surface area contributed by atoms with E-state index >= 15 is 0 Å². The Morgan fingerprint density at radius 2 is 1.96 bits per heavy atom. The Hall–Kier alpha value is -3.36. The van der Waals surface area contributed by atoms with Crippen LogP contribution in [0.3, 0.4) is 0 Å². The summed E-state index contributed by atoms with van der Waals surface area (Å²) in [5, 5.41) is 13.2. The van der Waals surface area contributed by atoms with Gasteiger partial charge in [-0.25, -0.2) is 0 Å². The quantitative estimate of drug-likeness (QED) is 0.741. The highest BCUT2D eigenvalue weighted by molar-refractivity contribution is 5.92. The van der Waals surface area contributed by atoms with Gasteiger partial charge in [-0.15, -0.1) is 0 Å². The summed E-state index contributed by atoms with van der Waals surface area (Å²) in [6.45, 7) is 0. The Kier molecular flexibility index (Phi) is 4.37. The Morgan fingerprint density at radius 3 is 2.65 bits per heavy atom. The third-order valence-electron chi connectivity index (χ3n) is 3.58. The summed E-state index contributed by atoms with van der Waals surface area (Å²) in [7, 11) is 0.